The Labute approximate surface area is 116 Å². The molecular formula is C17H11O3-. The predicted octanol–water partition coefficient (Wildman–Crippen LogP) is 2.36. The lowest BCUT2D eigenvalue weighted by Crippen LogP contribution is -2.05. The van der Waals surface area contributed by atoms with E-state index >= 15 is 0 Å². The van der Waals surface area contributed by atoms with Crippen molar-refractivity contribution in [1.29, 1.82) is 0 Å². The molecule has 1 heterocycles. The van der Waals surface area contributed by atoms with E-state index in [-0.39, 0.29) is 17.1 Å². The molecule has 0 unspecified atom stereocenters. The van der Waals surface area contributed by atoms with E-state index in [1.54, 1.807) is 30.3 Å². The Hall–Kier alpha value is -2.81. The Morgan fingerprint density at radius 1 is 0.900 bits per heavy atom. The van der Waals surface area contributed by atoms with Crippen molar-refractivity contribution >= 4 is 17.6 Å². The zero-order valence-corrected chi connectivity index (χ0v) is 10.6. The quantitative estimate of drug-likeness (QED) is 0.781. The Morgan fingerprint density at radius 3 is 2.15 bits per heavy atom. The van der Waals surface area contributed by atoms with Crippen LogP contribution in [0.25, 0.3) is 11.6 Å². The minimum atomic E-state index is -0.594. The van der Waals surface area contributed by atoms with Gasteiger partial charge in [-0.2, -0.15) is 0 Å². The van der Waals surface area contributed by atoms with Crippen LogP contribution in [-0.4, -0.2) is 5.97 Å². The predicted molar refractivity (Wildman–Crippen MR) is 73.9 cm³/mol. The lowest BCUT2D eigenvalue weighted by atomic mass is 10.1. The van der Waals surface area contributed by atoms with Crippen LogP contribution in [0, 0.1) is 0 Å². The third-order valence-corrected chi connectivity index (χ3v) is 3.02. The van der Waals surface area contributed by atoms with Crippen molar-refractivity contribution in [3.63, 3.8) is 0 Å². The second-order valence-electron chi connectivity index (χ2n) is 4.38. The van der Waals surface area contributed by atoms with Crippen molar-refractivity contribution in [1.82, 2.24) is 0 Å². The van der Waals surface area contributed by atoms with Gasteiger partial charge in [-0.1, -0.05) is 60.7 Å². The Bertz CT molecular complexity index is 698. The second kappa shape index (κ2) is 5.05. The largest absolute Gasteiger partial charge is 0.869 e. The average Bonchev–Trinajstić information content (AvgIpc) is 2.75. The number of benzene rings is 2. The summed E-state index contributed by atoms with van der Waals surface area (Å²) < 4.78 is 5.08. The molecule has 1 aliphatic rings. The summed E-state index contributed by atoms with van der Waals surface area (Å²) in [7, 11) is 0. The summed E-state index contributed by atoms with van der Waals surface area (Å²) in [5.74, 6) is -0.895. The van der Waals surface area contributed by atoms with Crippen LogP contribution in [0.2, 0.25) is 0 Å². The molecule has 0 aliphatic carbocycles. The highest BCUT2D eigenvalue weighted by Gasteiger charge is 2.25. The number of carbonyl (C=O) groups is 1. The maximum Gasteiger partial charge on any atom is 0.343 e. The van der Waals surface area contributed by atoms with Crippen molar-refractivity contribution in [3.05, 3.63) is 83.3 Å². The van der Waals surface area contributed by atoms with Gasteiger partial charge in [-0.3, -0.25) is 0 Å². The maximum atomic E-state index is 12.3. The van der Waals surface area contributed by atoms with Gasteiger partial charge < -0.3 is 9.84 Å². The standard InChI is InChI=1S/C17H12O3/c18-16-14(11-12-7-3-1-4-8-12)20-17(19)15(16)13-9-5-2-6-10-13/h1-11,18H/p-1/b14-11-. The van der Waals surface area contributed by atoms with E-state index in [1.807, 2.05) is 36.4 Å². The van der Waals surface area contributed by atoms with E-state index in [1.165, 1.54) is 0 Å². The van der Waals surface area contributed by atoms with Gasteiger partial charge in [0.1, 0.15) is 5.76 Å². The molecule has 20 heavy (non-hydrogen) atoms. The number of hydrogen-bond acceptors (Lipinski definition) is 3. The summed E-state index contributed by atoms with van der Waals surface area (Å²) in [5.41, 5.74) is 1.49. The fourth-order valence-electron chi connectivity index (χ4n) is 2.06. The summed E-state index contributed by atoms with van der Waals surface area (Å²) in [5, 5.41) is 12.3. The molecule has 2 aromatic rings. The number of rotatable bonds is 2. The lowest BCUT2D eigenvalue weighted by molar-refractivity contribution is -0.298. The first-order valence-corrected chi connectivity index (χ1v) is 6.22. The number of carbonyl (C=O) groups excluding carboxylic acids is 1. The Balaban J connectivity index is 2.03. The topological polar surface area (TPSA) is 49.4 Å². The number of ether oxygens (including phenoxy) is 1. The van der Waals surface area contributed by atoms with Gasteiger partial charge in [-0.05, 0) is 23.0 Å². The summed E-state index contributed by atoms with van der Waals surface area (Å²) in [6, 6.07) is 18.1. The van der Waals surface area contributed by atoms with Crippen molar-refractivity contribution in [2.24, 2.45) is 0 Å². The Kier molecular flexibility index (Phi) is 3.09. The molecule has 0 saturated heterocycles. The third-order valence-electron chi connectivity index (χ3n) is 3.02. The molecule has 0 atom stereocenters. The highest BCUT2D eigenvalue weighted by Crippen LogP contribution is 2.30. The van der Waals surface area contributed by atoms with Gasteiger partial charge in [0.2, 0.25) is 0 Å². The summed E-state index contributed by atoms with van der Waals surface area (Å²) in [6.07, 6.45) is 1.58. The van der Waals surface area contributed by atoms with Gasteiger partial charge in [0.15, 0.2) is 0 Å². The molecule has 3 heteroatoms. The molecule has 0 radical (unpaired) electrons. The molecule has 0 N–H and O–H groups in total. The average molecular weight is 263 g/mol. The molecule has 0 bridgehead atoms. The van der Waals surface area contributed by atoms with Crippen LogP contribution in [0.4, 0.5) is 0 Å². The number of esters is 1. The van der Waals surface area contributed by atoms with Gasteiger partial charge in [0.25, 0.3) is 0 Å². The summed E-state index contributed by atoms with van der Waals surface area (Å²) in [6.45, 7) is 0. The molecule has 3 nitrogen and oxygen atoms in total. The highest BCUT2D eigenvalue weighted by molar-refractivity contribution is 6.20. The first-order valence-electron chi connectivity index (χ1n) is 6.22. The van der Waals surface area contributed by atoms with Crippen LogP contribution in [0.15, 0.2) is 72.2 Å². The lowest BCUT2D eigenvalue weighted by Gasteiger charge is -2.08. The Morgan fingerprint density at radius 2 is 1.50 bits per heavy atom. The molecule has 2 aromatic carbocycles. The molecular weight excluding hydrogens is 252 g/mol. The van der Waals surface area contributed by atoms with E-state index in [4.69, 9.17) is 4.74 Å². The van der Waals surface area contributed by atoms with Gasteiger partial charge >= 0.3 is 5.97 Å². The van der Waals surface area contributed by atoms with Gasteiger partial charge in [0, 0.05) is 0 Å². The summed E-state index contributed by atoms with van der Waals surface area (Å²) in [4.78, 5) is 11.9. The smallest absolute Gasteiger partial charge is 0.343 e. The normalized spacial score (nSPS) is 16.6. The van der Waals surface area contributed by atoms with Crippen molar-refractivity contribution in [2.45, 2.75) is 0 Å². The molecule has 0 saturated carbocycles. The van der Waals surface area contributed by atoms with E-state index < -0.39 is 5.97 Å². The van der Waals surface area contributed by atoms with Crippen LogP contribution >= 0.6 is 0 Å². The minimum absolute atomic E-state index is 0.0695. The maximum absolute atomic E-state index is 12.3. The fraction of sp³-hybridized carbons (Fsp3) is 0. The first-order chi connectivity index (χ1) is 9.75. The summed E-state index contributed by atoms with van der Waals surface area (Å²) >= 11 is 0. The molecule has 3 rings (SSSR count). The van der Waals surface area contributed by atoms with Gasteiger partial charge in [-0.15, -0.1) is 0 Å². The third kappa shape index (κ3) is 2.21. The van der Waals surface area contributed by atoms with Crippen molar-refractivity contribution < 1.29 is 14.6 Å². The van der Waals surface area contributed by atoms with Crippen molar-refractivity contribution in [2.75, 3.05) is 0 Å². The van der Waals surface area contributed by atoms with E-state index in [9.17, 15) is 9.90 Å². The molecule has 1 aliphatic heterocycles. The zero-order valence-electron chi connectivity index (χ0n) is 10.6. The molecule has 0 spiro atoms. The van der Waals surface area contributed by atoms with Crippen LogP contribution in [-0.2, 0) is 9.53 Å². The van der Waals surface area contributed by atoms with Crippen molar-refractivity contribution in [3.8, 4) is 0 Å². The SMILES string of the molecule is O=C1O/C(=C\c2ccccc2)C([O-])=C1c1ccccc1. The fourth-order valence-corrected chi connectivity index (χ4v) is 2.06. The van der Waals surface area contributed by atoms with E-state index in [0.29, 0.717) is 5.56 Å². The molecule has 98 valence electrons. The first kappa shape index (κ1) is 12.2. The van der Waals surface area contributed by atoms with Crippen LogP contribution < -0.4 is 5.11 Å². The molecule has 0 amide bonds. The monoisotopic (exact) mass is 263 g/mol. The highest BCUT2D eigenvalue weighted by atomic mass is 16.6. The minimum Gasteiger partial charge on any atom is -0.869 e. The number of cyclic esters (lactones) is 1. The zero-order chi connectivity index (χ0) is 13.9. The van der Waals surface area contributed by atoms with Crippen LogP contribution in [0.3, 0.4) is 0 Å². The van der Waals surface area contributed by atoms with Crippen LogP contribution in [0.5, 0.6) is 0 Å². The second-order valence-corrected chi connectivity index (χ2v) is 4.38. The number of hydrogen-bond donors (Lipinski definition) is 0. The van der Waals surface area contributed by atoms with Crippen LogP contribution in [0.1, 0.15) is 11.1 Å². The molecule has 0 fully saturated rings. The van der Waals surface area contributed by atoms with Gasteiger partial charge in [-0.25, -0.2) is 4.79 Å². The molecule has 0 aromatic heterocycles. The van der Waals surface area contributed by atoms with E-state index in [2.05, 4.69) is 0 Å². The van der Waals surface area contributed by atoms with E-state index in [0.717, 1.165) is 5.56 Å². The van der Waals surface area contributed by atoms with Gasteiger partial charge in [0.05, 0.1) is 5.57 Å².